The molecule has 6 nitrogen and oxygen atoms in total. The van der Waals surface area contributed by atoms with Gasteiger partial charge in [-0.15, -0.1) is 0 Å². The van der Waals surface area contributed by atoms with Crippen LogP contribution >= 0.6 is 0 Å². The van der Waals surface area contributed by atoms with Gasteiger partial charge in [0.25, 0.3) is 5.91 Å². The van der Waals surface area contributed by atoms with Gasteiger partial charge < -0.3 is 24.6 Å². The lowest BCUT2D eigenvalue weighted by Crippen LogP contribution is -2.45. The molecule has 1 unspecified atom stereocenters. The second-order valence-corrected chi connectivity index (χ2v) is 6.48. The van der Waals surface area contributed by atoms with Gasteiger partial charge in [-0.1, -0.05) is 6.92 Å². The van der Waals surface area contributed by atoms with Crippen molar-refractivity contribution in [2.75, 3.05) is 53.4 Å². The van der Waals surface area contributed by atoms with E-state index in [1.807, 2.05) is 31.2 Å². The molecule has 6 heteroatoms. The number of hydrogen-bond acceptors (Lipinski definition) is 5. The summed E-state index contributed by atoms with van der Waals surface area (Å²) in [5.41, 5.74) is 0. The Morgan fingerprint density at radius 1 is 1.16 bits per heavy atom. The highest BCUT2D eigenvalue weighted by Gasteiger charge is 2.18. The molecule has 1 aromatic rings. The molecule has 1 saturated heterocycles. The Hall–Kier alpha value is -1.79. The fourth-order valence-corrected chi connectivity index (χ4v) is 2.84. The maximum atomic E-state index is 12.3. The van der Waals surface area contributed by atoms with E-state index in [0.717, 1.165) is 44.9 Å². The Bertz CT molecular complexity index is 513. The van der Waals surface area contributed by atoms with Crippen LogP contribution in [0, 0.1) is 0 Å². The molecule has 1 aromatic carbocycles. The first-order chi connectivity index (χ1) is 12.1. The summed E-state index contributed by atoms with van der Waals surface area (Å²) in [6, 6.07) is 7.30. The Labute approximate surface area is 151 Å². The van der Waals surface area contributed by atoms with Crippen LogP contribution in [-0.4, -0.2) is 75.2 Å². The molecule has 1 amide bonds. The van der Waals surface area contributed by atoms with E-state index in [2.05, 4.69) is 22.2 Å². The van der Waals surface area contributed by atoms with Gasteiger partial charge in [0, 0.05) is 32.7 Å². The minimum atomic E-state index is -0.461. The molecule has 1 heterocycles. The van der Waals surface area contributed by atoms with E-state index < -0.39 is 6.10 Å². The number of rotatable bonds is 9. The third-order valence-electron chi connectivity index (χ3n) is 4.55. The minimum Gasteiger partial charge on any atom is -0.497 e. The molecular weight excluding hydrogens is 318 g/mol. The molecule has 0 bridgehead atoms. The second-order valence-electron chi connectivity index (χ2n) is 6.48. The normalized spacial score (nSPS) is 17.1. The average molecular weight is 349 g/mol. The summed E-state index contributed by atoms with van der Waals surface area (Å²) in [6.07, 6.45) is 1.14. The summed E-state index contributed by atoms with van der Waals surface area (Å²) < 4.78 is 10.9. The molecule has 0 saturated carbocycles. The van der Waals surface area contributed by atoms with Gasteiger partial charge in [-0.05, 0) is 50.7 Å². The lowest BCUT2D eigenvalue weighted by Gasteiger charge is -2.32. The van der Waals surface area contributed by atoms with Crippen LogP contribution in [0.2, 0.25) is 0 Å². The molecule has 0 spiro atoms. The van der Waals surface area contributed by atoms with E-state index in [1.165, 1.54) is 0 Å². The van der Waals surface area contributed by atoms with Crippen molar-refractivity contribution in [3.05, 3.63) is 24.3 Å². The summed E-state index contributed by atoms with van der Waals surface area (Å²) in [6.45, 7) is 8.15. The van der Waals surface area contributed by atoms with Gasteiger partial charge in [-0.2, -0.15) is 0 Å². The molecule has 1 fully saturated rings. The third-order valence-corrected chi connectivity index (χ3v) is 4.55. The average Bonchev–Trinajstić information content (AvgIpc) is 2.65. The number of nitrogens with one attached hydrogen (secondary N) is 1. The summed E-state index contributed by atoms with van der Waals surface area (Å²) in [5, 5.41) is 3.00. The van der Waals surface area contributed by atoms with Crippen molar-refractivity contribution in [2.45, 2.75) is 25.9 Å². The number of likely N-dealkylation sites (N-methyl/N-ethyl adjacent to an activating group) is 1. The zero-order chi connectivity index (χ0) is 18.1. The number of methoxy groups -OCH3 is 1. The summed E-state index contributed by atoms with van der Waals surface area (Å²) >= 11 is 0. The van der Waals surface area contributed by atoms with Crippen molar-refractivity contribution in [3.63, 3.8) is 0 Å². The van der Waals surface area contributed by atoms with Crippen LogP contribution in [0.3, 0.4) is 0 Å². The number of piperazine rings is 1. The van der Waals surface area contributed by atoms with Crippen LogP contribution < -0.4 is 14.8 Å². The highest BCUT2D eigenvalue weighted by atomic mass is 16.5. The fraction of sp³-hybridized carbons (Fsp3) is 0.632. The van der Waals surface area contributed by atoms with Crippen molar-refractivity contribution in [2.24, 2.45) is 0 Å². The van der Waals surface area contributed by atoms with Gasteiger partial charge in [0.15, 0.2) is 6.10 Å². The van der Waals surface area contributed by atoms with E-state index >= 15 is 0 Å². The Kier molecular flexibility index (Phi) is 8.01. The number of amides is 1. The summed E-state index contributed by atoms with van der Waals surface area (Å²) in [5.74, 6) is 1.41. The van der Waals surface area contributed by atoms with Gasteiger partial charge in [-0.3, -0.25) is 4.79 Å². The Balaban J connectivity index is 1.68. The standard InChI is InChI=1S/C19H31N3O3/c1-4-18(25-17-8-6-16(24-3)7-9-17)19(23)20-10-5-11-22-14-12-21(2)13-15-22/h6-9,18H,4-5,10-15H2,1-3H3,(H,20,23). The first kappa shape index (κ1) is 19.5. The Morgan fingerprint density at radius 3 is 2.40 bits per heavy atom. The molecule has 0 aliphatic carbocycles. The zero-order valence-electron chi connectivity index (χ0n) is 15.7. The van der Waals surface area contributed by atoms with Gasteiger partial charge in [0.1, 0.15) is 11.5 Å². The van der Waals surface area contributed by atoms with Crippen molar-refractivity contribution in [1.29, 1.82) is 0 Å². The molecule has 1 aliphatic rings. The monoisotopic (exact) mass is 349 g/mol. The molecule has 25 heavy (non-hydrogen) atoms. The third kappa shape index (κ3) is 6.55. The van der Waals surface area contributed by atoms with E-state index in [4.69, 9.17) is 9.47 Å². The lowest BCUT2D eigenvalue weighted by molar-refractivity contribution is -0.128. The minimum absolute atomic E-state index is 0.0447. The number of benzene rings is 1. The van der Waals surface area contributed by atoms with Crippen LogP contribution in [0.25, 0.3) is 0 Å². The van der Waals surface area contributed by atoms with Crippen molar-refractivity contribution in [1.82, 2.24) is 15.1 Å². The summed E-state index contributed by atoms with van der Waals surface area (Å²) in [7, 11) is 3.78. The van der Waals surface area contributed by atoms with Crippen LogP contribution in [0.15, 0.2) is 24.3 Å². The molecule has 0 radical (unpaired) electrons. The molecule has 1 N–H and O–H groups in total. The first-order valence-corrected chi connectivity index (χ1v) is 9.11. The number of carbonyl (C=O) groups is 1. The number of carbonyl (C=O) groups excluding carboxylic acids is 1. The van der Waals surface area contributed by atoms with E-state index in [9.17, 15) is 4.79 Å². The van der Waals surface area contributed by atoms with E-state index in [-0.39, 0.29) is 5.91 Å². The smallest absolute Gasteiger partial charge is 0.261 e. The lowest BCUT2D eigenvalue weighted by atomic mass is 10.2. The van der Waals surface area contributed by atoms with Crippen LogP contribution in [-0.2, 0) is 4.79 Å². The van der Waals surface area contributed by atoms with Crippen molar-refractivity contribution < 1.29 is 14.3 Å². The Morgan fingerprint density at radius 2 is 1.80 bits per heavy atom. The molecule has 2 rings (SSSR count). The molecule has 140 valence electrons. The quantitative estimate of drug-likeness (QED) is 0.687. The second kappa shape index (κ2) is 10.3. The van der Waals surface area contributed by atoms with Gasteiger partial charge in [0.05, 0.1) is 7.11 Å². The predicted molar refractivity (Wildman–Crippen MR) is 99.3 cm³/mol. The van der Waals surface area contributed by atoms with Crippen LogP contribution in [0.1, 0.15) is 19.8 Å². The molecule has 1 aliphatic heterocycles. The van der Waals surface area contributed by atoms with Gasteiger partial charge >= 0.3 is 0 Å². The first-order valence-electron chi connectivity index (χ1n) is 9.11. The molecule has 1 atom stereocenters. The highest BCUT2D eigenvalue weighted by Crippen LogP contribution is 2.18. The predicted octanol–water partition coefficient (Wildman–Crippen LogP) is 1.61. The zero-order valence-corrected chi connectivity index (χ0v) is 15.7. The van der Waals surface area contributed by atoms with Crippen LogP contribution in [0.5, 0.6) is 11.5 Å². The summed E-state index contributed by atoms with van der Waals surface area (Å²) in [4.78, 5) is 17.1. The molecule has 0 aromatic heterocycles. The van der Waals surface area contributed by atoms with Gasteiger partial charge in [-0.25, -0.2) is 0 Å². The number of hydrogen-bond donors (Lipinski definition) is 1. The number of nitrogens with zero attached hydrogens (tertiary/aromatic N) is 2. The highest BCUT2D eigenvalue weighted by molar-refractivity contribution is 5.81. The van der Waals surface area contributed by atoms with Gasteiger partial charge in [0.2, 0.25) is 0 Å². The number of ether oxygens (including phenoxy) is 2. The maximum Gasteiger partial charge on any atom is 0.261 e. The SMILES string of the molecule is CCC(Oc1ccc(OC)cc1)C(=O)NCCCN1CCN(C)CC1. The van der Waals surface area contributed by atoms with Crippen molar-refractivity contribution in [3.8, 4) is 11.5 Å². The van der Waals surface area contributed by atoms with Crippen LogP contribution in [0.4, 0.5) is 0 Å². The topological polar surface area (TPSA) is 54.0 Å². The van der Waals surface area contributed by atoms with E-state index in [1.54, 1.807) is 7.11 Å². The molecular formula is C19H31N3O3. The maximum absolute atomic E-state index is 12.3. The van der Waals surface area contributed by atoms with E-state index in [0.29, 0.717) is 18.7 Å². The van der Waals surface area contributed by atoms with Crippen molar-refractivity contribution >= 4 is 5.91 Å². The fourth-order valence-electron chi connectivity index (χ4n) is 2.84. The largest absolute Gasteiger partial charge is 0.497 e.